The molecule has 472 valence electrons. The van der Waals surface area contributed by atoms with Crippen molar-refractivity contribution in [1.82, 2.24) is 5.32 Å². The van der Waals surface area contributed by atoms with Crippen molar-refractivity contribution >= 4 is 5.91 Å². The van der Waals surface area contributed by atoms with Gasteiger partial charge in [-0.05, 0) is 44.9 Å². The van der Waals surface area contributed by atoms with Crippen molar-refractivity contribution in [3.8, 4) is 0 Å². The molecule has 0 aromatic carbocycles. The van der Waals surface area contributed by atoms with Crippen LogP contribution in [0.25, 0.3) is 0 Å². The maximum absolute atomic E-state index is 13.1. The fraction of sp³-hybridized carbons (Fsp3) is 0.901. The maximum atomic E-state index is 13.1. The van der Waals surface area contributed by atoms with Gasteiger partial charge in [0.15, 0.2) is 6.29 Å². The van der Waals surface area contributed by atoms with Crippen LogP contribution in [0.1, 0.15) is 354 Å². The standard InChI is InChI=1S/C71H135NO8/c1-3-5-7-9-11-13-15-17-19-21-23-24-25-26-27-28-29-30-31-32-33-34-35-36-37-38-39-40-41-43-45-47-49-51-53-55-57-59-61-67(75)72-64(63-79-71-70(78)69(77)68(76)66(62-73)80-71)65(74)60-58-56-54-52-50-48-46-44-42-22-20-18-16-14-12-10-8-6-4-2/h42,44,50,52,58,60,64-66,68-71,73-74,76-78H,3-41,43,45-49,51,53-57,59,61-63H2,1-2H3,(H,72,75)/b44-42+,52-50+,60-58+. The average Bonchev–Trinajstić information content (AvgIpc) is 3.49. The molecule has 1 saturated heterocycles. The van der Waals surface area contributed by atoms with E-state index in [1.165, 1.54) is 289 Å². The molecule has 0 radical (unpaired) electrons. The van der Waals surface area contributed by atoms with Gasteiger partial charge in [0.05, 0.1) is 25.4 Å². The Bertz CT molecular complexity index is 1360. The van der Waals surface area contributed by atoms with Gasteiger partial charge in [-0.2, -0.15) is 0 Å². The molecule has 6 N–H and O–H groups in total. The normalized spacial score (nSPS) is 18.6. The van der Waals surface area contributed by atoms with Crippen LogP contribution in [0.4, 0.5) is 0 Å². The Labute approximate surface area is 495 Å². The summed E-state index contributed by atoms with van der Waals surface area (Å²) in [5, 5.41) is 54.6. The van der Waals surface area contributed by atoms with E-state index in [2.05, 4.69) is 43.5 Å². The molecule has 1 fully saturated rings. The van der Waals surface area contributed by atoms with E-state index in [1.807, 2.05) is 6.08 Å². The van der Waals surface area contributed by atoms with Gasteiger partial charge in [0.2, 0.25) is 5.91 Å². The van der Waals surface area contributed by atoms with Crippen LogP contribution in [0.3, 0.4) is 0 Å². The van der Waals surface area contributed by atoms with Gasteiger partial charge in [0, 0.05) is 6.42 Å². The smallest absolute Gasteiger partial charge is 0.220 e. The topological polar surface area (TPSA) is 149 Å². The number of amides is 1. The minimum Gasteiger partial charge on any atom is -0.394 e. The van der Waals surface area contributed by atoms with Crippen molar-refractivity contribution < 1.29 is 39.8 Å². The SMILES string of the molecule is CCCCCCCCCCC/C=C/CC/C=C/CC/C=C/C(O)C(COC1OC(CO)C(O)C(O)C1O)NC(=O)CCCCCCCCCCCCCCCCCCCCCCCCCCCCCCCCCCCCCCCC. The van der Waals surface area contributed by atoms with E-state index in [9.17, 15) is 30.3 Å². The molecule has 1 aliphatic heterocycles. The predicted molar refractivity (Wildman–Crippen MR) is 341 cm³/mol. The van der Waals surface area contributed by atoms with Gasteiger partial charge in [-0.3, -0.25) is 4.79 Å². The first-order valence-corrected chi connectivity index (χ1v) is 35.2. The summed E-state index contributed by atoms with van der Waals surface area (Å²) in [5.74, 6) is -0.184. The van der Waals surface area contributed by atoms with Gasteiger partial charge in [0.25, 0.3) is 0 Å². The number of ether oxygens (including phenoxy) is 2. The first-order valence-electron chi connectivity index (χ1n) is 35.2. The van der Waals surface area contributed by atoms with Crippen LogP contribution in [0, 0.1) is 0 Å². The highest BCUT2D eigenvalue weighted by atomic mass is 16.7. The summed E-state index contributed by atoms with van der Waals surface area (Å²) in [4.78, 5) is 13.1. The minimum atomic E-state index is -1.57. The number of aliphatic hydroxyl groups excluding tert-OH is 5. The molecule has 1 amide bonds. The molecular formula is C71H135NO8. The van der Waals surface area contributed by atoms with E-state index in [4.69, 9.17) is 9.47 Å². The van der Waals surface area contributed by atoms with Gasteiger partial charge in [-0.25, -0.2) is 0 Å². The number of rotatable bonds is 62. The van der Waals surface area contributed by atoms with Gasteiger partial charge < -0.3 is 40.3 Å². The molecular weight excluding hydrogens is 995 g/mol. The summed E-state index contributed by atoms with van der Waals surface area (Å²) < 4.78 is 11.3. The van der Waals surface area contributed by atoms with Crippen LogP contribution in [-0.4, -0.2) is 87.5 Å². The summed E-state index contributed by atoms with van der Waals surface area (Å²) in [6, 6.07) is -0.827. The molecule has 0 spiro atoms. The molecule has 1 aliphatic rings. The van der Waals surface area contributed by atoms with Crippen LogP contribution in [0.2, 0.25) is 0 Å². The van der Waals surface area contributed by atoms with Gasteiger partial charge in [0.1, 0.15) is 24.4 Å². The number of aliphatic hydroxyl groups is 5. The lowest BCUT2D eigenvalue weighted by Gasteiger charge is -2.40. The van der Waals surface area contributed by atoms with Crippen LogP contribution >= 0.6 is 0 Å². The Morgan fingerprint density at radius 3 is 1.05 bits per heavy atom. The molecule has 1 heterocycles. The third kappa shape index (κ3) is 48.7. The second kappa shape index (κ2) is 60.5. The Balaban J connectivity index is 2.07. The minimum absolute atomic E-state index is 0.184. The number of nitrogens with one attached hydrogen (secondary N) is 1. The number of hydrogen-bond acceptors (Lipinski definition) is 8. The van der Waals surface area contributed by atoms with Crippen molar-refractivity contribution in [3.63, 3.8) is 0 Å². The molecule has 7 atom stereocenters. The zero-order chi connectivity index (χ0) is 57.9. The van der Waals surface area contributed by atoms with E-state index in [1.54, 1.807) is 6.08 Å². The van der Waals surface area contributed by atoms with Crippen LogP contribution in [0.15, 0.2) is 36.5 Å². The lowest BCUT2D eigenvalue weighted by molar-refractivity contribution is -0.302. The molecule has 9 heteroatoms. The van der Waals surface area contributed by atoms with Crippen molar-refractivity contribution in [1.29, 1.82) is 0 Å². The lowest BCUT2D eigenvalue weighted by atomic mass is 9.99. The highest BCUT2D eigenvalue weighted by molar-refractivity contribution is 5.76. The number of allylic oxidation sites excluding steroid dienone is 5. The predicted octanol–water partition coefficient (Wildman–Crippen LogP) is 19.0. The largest absolute Gasteiger partial charge is 0.394 e. The number of carbonyl (C=O) groups excluding carboxylic acids is 1. The number of hydrogen-bond donors (Lipinski definition) is 6. The summed E-state index contributed by atoms with van der Waals surface area (Å²) in [5.41, 5.74) is 0. The van der Waals surface area contributed by atoms with E-state index in [0.29, 0.717) is 6.42 Å². The molecule has 0 aromatic rings. The van der Waals surface area contributed by atoms with Crippen molar-refractivity contribution in [2.24, 2.45) is 0 Å². The van der Waals surface area contributed by atoms with Crippen molar-refractivity contribution in [3.05, 3.63) is 36.5 Å². The molecule has 0 aliphatic carbocycles. The van der Waals surface area contributed by atoms with E-state index < -0.39 is 49.5 Å². The number of carbonyl (C=O) groups is 1. The molecule has 7 unspecified atom stereocenters. The van der Waals surface area contributed by atoms with Crippen LogP contribution in [0.5, 0.6) is 0 Å². The average molecular weight is 1130 g/mol. The quantitative estimate of drug-likeness (QED) is 0.0261. The highest BCUT2D eigenvalue weighted by Gasteiger charge is 2.44. The highest BCUT2D eigenvalue weighted by Crippen LogP contribution is 2.23. The molecule has 9 nitrogen and oxygen atoms in total. The Morgan fingerprint density at radius 1 is 0.412 bits per heavy atom. The van der Waals surface area contributed by atoms with Crippen molar-refractivity contribution in [2.45, 2.75) is 397 Å². The second-order valence-corrected chi connectivity index (χ2v) is 24.7. The van der Waals surface area contributed by atoms with E-state index in [-0.39, 0.29) is 12.5 Å². The van der Waals surface area contributed by atoms with Gasteiger partial charge in [-0.15, -0.1) is 0 Å². The van der Waals surface area contributed by atoms with Gasteiger partial charge >= 0.3 is 0 Å². The molecule has 0 aromatic heterocycles. The molecule has 80 heavy (non-hydrogen) atoms. The monoisotopic (exact) mass is 1130 g/mol. The fourth-order valence-corrected chi connectivity index (χ4v) is 11.4. The molecule has 0 bridgehead atoms. The van der Waals surface area contributed by atoms with E-state index >= 15 is 0 Å². The Kier molecular flexibility index (Phi) is 57.8. The van der Waals surface area contributed by atoms with E-state index in [0.717, 1.165) is 44.9 Å². The summed E-state index contributed by atoms with van der Waals surface area (Å²) in [6.07, 6.45) is 74.2. The van der Waals surface area contributed by atoms with Gasteiger partial charge in [-0.1, -0.05) is 339 Å². The molecule has 1 rings (SSSR count). The first-order chi connectivity index (χ1) is 39.3. The van der Waals surface area contributed by atoms with Crippen LogP contribution < -0.4 is 5.32 Å². The zero-order valence-electron chi connectivity index (χ0n) is 52.9. The summed E-state index contributed by atoms with van der Waals surface area (Å²) in [6.45, 7) is 3.80. The summed E-state index contributed by atoms with van der Waals surface area (Å²) >= 11 is 0. The van der Waals surface area contributed by atoms with Crippen molar-refractivity contribution in [2.75, 3.05) is 13.2 Å². The summed E-state index contributed by atoms with van der Waals surface area (Å²) in [7, 11) is 0. The third-order valence-corrected chi connectivity index (χ3v) is 16.9. The lowest BCUT2D eigenvalue weighted by Crippen LogP contribution is -2.60. The second-order valence-electron chi connectivity index (χ2n) is 24.7. The maximum Gasteiger partial charge on any atom is 0.220 e. The Morgan fingerprint density at radius 2 is 0.713 bits per heavy atom. The number of unbranched alkanes of at least 4 members (excludes halogenated alkanes) is 48. The Hall–Kier alpha value is -1.59. The zero-order valence-corrected chi connectivity index (χ0v) is 52.9. The molecule has 0 saturated carbocycles. The van der Waals surface area contributed by atoms with Crippen LogP contribution in [-0.2, 0) is 14.3 Å². The fourth-order valence-electron chi connectivity index (χ4n) is 11.4. The first kappa shape index (κ1) is 76.4. The third-order valence-electron chi connectivity index (χ3n) is 16.9.